The highest BCUT2D eigenvalue weighted by Gasteiger charge is 2.32. The lowest BCUT2D eigenvalue weighted by Crippen LogP contribution is -2.38. The summed E-state index contributed by atoms with van der Waals surface area (Å²) in [5.74, 6) is 3.80. The number of β-amino-alcohol motifs (C(OH)–C–C–N with tert-alkyl or cyclic N) is 1. The van der Waals surface area contributed by atoms with E-state index in [4.69, 9.17) is 5.73 Å². The molecular formula is C25H21F4N5O2. The first kappa shape index (κ1) is 24.9. The molecular weight excluding hydrogens is 478 g/mol. The number of aliphatic hydroxyl groups excluding tert-OH is 1. The summed E-state index contributed by atoms with van der Waals surface area (Å²) in [5, 5.41) is 12.4. The lowest BCUT2D eigenvalue weighted by molar-refractivity contribution is -0.137. The predicted octanol–water partition coefficient (Wildman–Crippen LogP) is 3.83. The number of amides is 1. The molecule has 1 fully saturated rings. The molecule has 0 saturated carbocycles. The Kier molecular flexibility index (Phi) is 7.07. The van der Waals surface area contributed by atoms with Gasteiger partial charge in [0.2, 0.25) is 5.95 Å². The van der Waals surface area contributed by atoms with Gasteiger partial charge in [0.05, 0.1) is 34.2 Å². The molecule has 11 heteroatoms. The molecule has 7 nitrogen and oxygen atoms in total. The number of nitrogens with one attached hydrogen (secondary N) is 1. The molecule has 1 aliphatic rings. The highest BCUT2D eigenvalue weighted by atomic mass is 19.4. The number of carbonyl (C=O) groups is 1. The van der Waals surface area contributed by atoms with Crippen LogP contribution in [0.5, 0.6) is 0 Å². The van der Waals surface area contributed by atoms with Crippen molar-refractivity contribution in [1.82, 2.24) is 9.97 Å². The third kappa shape index (κ3) is 5.90. The number of piperidine rings is 1. The van der Waals surface area contributed by atoms with Crippen LogP contribution < -0.4 is 16.0 Å². The normalized spacial score (nSPS) is 15.7. The second-order valence-corrected chi connectivity index (χ2v) is 8.20. The van der Waals surface area contributed by atoms with E-state index in [1.54, 1.807) is 4.90 Å². The largest absolute Gasteiger partial charge is 0.416 e. The summed E-state index contributed by atoms with van der Waals surface area (Å²) in [6.07, 6.45) is -1.29. The van der Waals surface area contributed by atoms with Crippen LogP contribution in [0.2, 0.25) is 0 Å². The Hall–Kier alpha value is -4.17. The Balaban J connectivity index is 1.64. The predicted molar refractivity (Wildman–Crippen MR) is 126 cm³/mol. The zero-order valence-electron chi connectivity index (χ0n) is 18.8. The summed E-state index contributed by atoms with van der Waals surface area (Å²) in [4.78, 5) is 22.3. The molecule has 1 atom stereocenters. The van der Waals surface area contributed by atoms with E-state index >= 15 is 0 Å². The van der Waals surface area contributed by atoms with Crippen LogP contribution >= 0.6 is 0 Å². The van der Waals surface area contributed by atoms with Crippen molar-refractivity contribution in [3.63, 3.8) is 0 Å². The van der Waals surface area contributed by atoms with Gasteiger partial charge in [-0.1, -0.05) is 11.8 Å². The molecule has 2 aromatic carbocycles. The number of rotatable bonds is 3. The van der Waals surface area contributed by atoms with Crippen molar-refractivity contribution >= 4 is 23.2 Å². The van der Waals surface area contributed by atoms with Crippen LogP contribution in [0.15, 0.2) is 48.8 Å². The molecule has 4 N–H and O–H groups in total. The van der Waals surface area contributed by atoms with Crippen LogP contribution in [0.1, 0.15) is 39.9 Å². The molecule has 0 radical (unpaired) electrons. The van der Waals surface area contributed by atoms with E-state index in [-0.39, 0.29) is 18.2 Å². The zero-order chi connectivity index (χ0) is 25.9. The van der Waals surface area contributed by atoms with Gasteiger partial charge in [-0.05, 0) is 49.2 Å². The van der Waals surface area contributed by atoms with Crippen molar-refractivity contribution in [2.75, 3.05) is 29.0 Å². The first-order chi connectivity index (χ1) is 17.1. The van der Waals surface area contributed by atoms with Gasteiger partial charge >= 0.3 is 6.18 Å². The van der Waals surface area contributed by atoms with E-state index in [0.717, 1.165) is 18.2 Å². The molecule has 4 rings (SSSR count). The summed E-state index contributed by atoms with van der Waals surface area (Å²) in [5.41, 5.74) is 4.97. The number of anilines is 3. The van der Waals surface area contributed by atoms with E-state index in [1.807, 2.05) is 0 Å². The molecule has 36 heavy (non-hydrogen) atoms. The lowest BCUT2D eigenvalue weighted by Gasteiger charge is -2.33. The smallest absolute Gasteiger partial charge is 0.391 e. The molecule has 2 heterocycles. The standard InChI is InChI=1S/C25H21F4N5O2/c26-20-7-5-15(3-4-16-12-31-24(30)32-13-16)10-19(20)23(36)33-21-11-17(25(27,28)29)6-8-22(21)34-9-1-2-18(35)14-34/h5-8,10-13,18,35H,1-2,9,14H2,(H,33,36)(H2,30,31,32). The minimum Gasteiger partial charge on any atom is -0.391 e. The minimum absolute atomic E-state index is 0.0781. The summed E-state index contributed by atoms with van der Waals surface area (Å²) in [6, 6.07) is 6.56. The number of aromatic nitrogens is 2. The van der Waals surface area contributed by atoms with Crippen LogP contribution in [0.3, 0.4) is 0 Å². The fourth-order valence-electron chi connectivity index (χ4n) is 3.78. The number of hydrogen-bond donors (Lipinski definition) is 3. The summed E-state index contributed by atoms with van der Waals surface area (Å²) in [6.45, 7) is 0.683. The Morgan fingerprint density at radius 1 is 1.11 bits per heavy atom. The SMILES string of the molecule is Nc1ncc(C#Cc2ccc(F)c(C(=O)Nc3cc(C(F)(F)F)ccc3N3CCCC(O)C3)c2)cn1. The number of nitrogens with zero attached hydrogens (tertiary/aromatic N) is 3. The van der Waals surface area contributed by atoms with Crippen molar-refractivity contribution in [3.05, 3.63) is 76.9 Å². The van der Waals surface area contributed by atoms with Gasteiger partial charge in [-0.15, -0.1) is 0 Å². The van der Waals surface area contributed by atoms with Crippen molar-refractivity contribution < 1.29 is 27.5 Å². The maximum absolute atomic E-state index is 14.5. The molecule has 1 aliphatic heterocycles. The van der Waals surface area contributed by atoms with Gasteiger partial charge in [0, 0.05) is 31.0 Å². The first-order valence-electron chi connectivity index (χ1n) is 10.9. The van der Waals surface area contributed by atoms with Crippen molar-refractivity contribution in [3.8, 4) is 11.8 Å². The Bertz CT molecular complexity index is 1330. The number of benzene rings is 2. The average molecular weight is 499 g/mol. The van der Waals surface area contributed by atoms with E-state index in [0.29, 0.717) is 36.2 Å². The summed E-state index contributed by atoms with van der Waals surface area (Å²) in [7, 11) is 0. The van der Waals surface area contributed by atoms with Crippen LogP contribution in [-0.2, 0) is 6.18 Å². The molecule has 0 aliphatic carbocycles. The lowest BCUT2D eigenvalue weighted by atomic mass is 10.0. The number of halogens is 4. The quantitative estimate of drug-likeness (QED) is 0.374. The third-order valence-corrected chi connectivity index (χ3v) is 5.54. The maximum Gasteiger partial charge on any atom is 0.416 e. The minimum atomic E-state index is -4.65. The Morgan fingerprint density at radius 2 is 1.83 bits per heavy atom. The average Bonchev–Trinajstić information content (AvgIpc) is 2.84. The second-order valence-electron chi connectivity index (χ2n) is 8.20. The Morgan fingerprint density at radius 3 is 2.53 bits per heavy atom. The van der Waals surface area contributed by atoms with Crippen molar-refractivity contribution in [1.29, 1.82) is 0 Å². The highest BCUT2D eigenvalue weighted by molar-refractivity contribution is 6.06. The zero-order valence-corrected chi connectivity index (χ0v) is 18.8. The fourth-order valence-corrected chi connectivity index (χ4v) is 3.78. The number of aliphatic hydroxyl groups is 1. The highest BCUT2D eigenvalue weighted by Crippen LogP contribution is 2.36. The molecule has 1 unspecified atom stereocenters. The van der Waals surface area contributed by atoms with Crippen LogP contribution in [0, 0.1) is 17.7 Å². The molecule has 1 amide bonds. The fraction of sp³-hybridized carbons (Fsp3) is 0.240. The van der Waals surface area contributed by atoms with Crippen LogP contribution in [-0.4, -0.2) is 40.2 Å². The summed E-state index contributed by atoms with van der Waals surface area (Å²) < 4.78 is 54.7. The number of nitrogen functional groups attached to an aromatic ring is 1. The third-order valence-electron chi connectivity index (χ3n) is 5.54. The van der Waals surface area contributed by atoms with E-state index in [9.17, 15) is 27.5 Å². The topological polar surface area (TPSA) is 104 Å². The maximum atomic E-state index is 14.5. The van der Waals surface area contributed by atoms with Gasteiger partial charge < -0.3 is 21.1 Å². The number of hydrogen-bond acceptors (Lipinski definition) is 6. The Labute approximate surface area is 204 Å². The van der Waals surface area contributed by atoms with Gasteiger partial charge in [0.15, 0.2) is 0 Å². The van der Waals surface area contributed by atoms with Gasteiger partial charge in [-0.2, -0.15) is 13.2 Å². The molecule has 186 valence electrons. The number of carbonyl (C=O) groups excluding carboxylic acids is 1. The van der Waals surface area contributed by atoms with Crippen molar-refractivity contribution in [2.24, 2.45) is 0 Å². The van der Waals surface area contributed by atoms with Gasteiger partial charge in [0.25, 0.3) is 5.91 Å². The van der Waals surface area contributed by atoms with Crippen LogP contribution in [0.4, 0.5) is 34.9 Å². The molecule has 1 saturated heterocycles. The van der Waals surface area contributed by atoms with Gasteiger partial charge in [0.1, 0.15) is 5.82 Å². The molecule has 1 aromatic heterocycles. The van der Waals surface area contributed by atoms with Crippen LogP contribution in [0.25, 0.3) is 0 Å². The monoisotopic (exact) mass is 499 g/mol. The first-order valence-corrected chi connectivity index (χ1v) is 10.9. The number of alkyl halides is 3. The van der Waals surface area contributed by atoms with E-state index in [1.165, 1.54) is 30.6 Å². The van der Waals surface area contributed by atoms with Gasteiger partial charge in [-0.25, -0.2) is 14.4 Å². The number of nitrogens with two attached hydrogens (primary N) is 1. The molecule has 0 spiro atoms. The van der Waals surface area contributed by atoms with Gasteiger partial charge in [-0.3, -0.25) is 4.79 Å². The summed E-state index contributed by atoms with van der Waals surface area (Å²) >= 11 is 0. The second kappa shape index (κ2) is 10.2. The molecule has 0 bridgehead atoms. The van der Waals surface area contributed by atoms with E-state index < -0.39 is 35.1 Å². The molecule has 3 aromatic rings. The van der Waals surface area contributed by atoms with E-state index in [2.05, 4.69) is 27.1 Å². The van der Waals surface area contributed by atoms with Crippen molar-refractivity contribution in [2.45, 2.75) is 25.1 Å².